The number of hydrogen-bond donors (Lipinski definition) is 1. The zero-order valence-electron chi connectivity index (χ0n) is 22.3. The molecule has 0 atom stereocenters. The quantitative estimate of drug-likeness (QED) is 0.166. The molecule has 0 aliphatic carbocycles. The van der Waals surface area contributed by atoms with Crippen molar-refractivity contribution < 1.29 is 24.1 Å². The van der Waals surface area contributed by atoms with E-state index in [1.807, 2.05) is 38.1 Å². The van der Waals surface area contributed by atoms with Crippen molar-refractivity contribution in [1.29, 1.82) is 0 Å². The summed E-state index contributed by atoms with van der Waals surface area (Å²) < 4.78 is 17.2. The molecule has 0 aliphatic rings. The molecule has 0 saturated carbocycles. The second kappa shape index (κ2) is 12.1. The Balaban J connectivity index is 1.52. The molecule has 1 aromatic heterocycles. The fourth-order valence-corrected chi connectivity index (χ4v) is 5.03. The Hall–Kier alpha value is -3.91. The molecule has 0 radical (unpaired) electrons. The molecule has 1 amide bonds. The maximum Gasteiger partial charge on any atom is 0.411 e. The van der Waals surface area contributed by atoms with Gasteiger partial charge in [-0.3, -0.25) is 9.88 Å². The van der Waals surface area contributed by atoms with Crippen LogP contribution in [0.2, 0.25) is 0 Å². The average Bonchev–Trinajstić information content (AvgIpc) is 2.91. The number of aromatic nitrogens is 1. The second-order valence-electron chi connectivity index (χ2n) is 8.99. The number of rotatable bonds is 10. The minimum Gasteiger partial charge on any atom is -0.493 e. The van der Waals surface area contributed by atoms with Crippen LogP contribution in [0.15, 0.2) is 65.7 Å². The van der Waals surface area contributed by atoms with E-state index in [-0.39, 0.29) is 0 Å². The van der Waals surface area contributed by atoms with Crippen LogP contribution in [0.25, 0.3) is 10.9 Å². The second-order valence-corrected chi connectivity index (χ2v) is 10.2. The summed E-state index contributed by atoms with van der Waals surface area (Å²) in [7, 11) is 3.17. The zero-order chi connectivity index (χ0) is 27.2. The van der Waals surface area contributed by atoms with Crippen molar-refractivity contribution >= 4 is 34.4 Å². The van der Waals surface area contributed by atoms with E-state index in [0.29, 0.717) is 40.7 Å². The number of nitrogens with zero attached hydrogens (tertiary/aromatic N) is 2. The zero-order valence-corrected chi connectivity index (χ0v) is 23.1. The Kier molecular flexibility index (Phi) is 8.63. The molecule has 38 heavy (non-hydrogen) atoms. The van der Waals surface area contributed by atoms with Crippen molar-refractivity contribution in [2.45, 2.75) is 32.1 Å². The van der Waals surface area contributed by atoms with E-state index in [1.54, 1.807) is 38.2 Å². The van der Waals surface area contributed by atoms with Gasteiger partial charge < -0.3 is 19.3 Å². The number of ether oxygens (including phenoxy) is 3. The highest BCUT2D eigenvalue weighted by Crippen LogP contribution is 2.38. The number of fused-ring (bicyclic) bond motifs is 1. The van der Waals surface area contributed by atoms with Gasteiger partial charge >= 0.3 is 6.09 Å². The summed E-state index contributed by atoms with van der Waals surface area (Å²) in [5.41, 5.74) is 4.25. The van der Waals surface area contributed by atoms with Crippen LogP contribution >= 0.6 is 11.8 Å². The van der Waals surface area contributed by atoms with Crippen LogP contribution in [0, 0.1) is 20.8 Å². The van der Waals surface area contributed by atoms with E-state index >= 15 is 0 Å². The number of aryl methyl sites for hydroxylation is 3. The smallest absolute Gasteiger partial charge is 0.411 e. The summed E-state index contributed by atoms with van der Waals surface area (Å²) in [5, 5.41) is 10.7. The Labute approximate surface area is 227 Å². The maximum atomic E-state index is 12.2. The van der Waals surface area contributed by atoms with Gasteiger partial charge in [0.15, 0.2) is 11.5 Å². The Morgan fingerprint density at radius 3 is 2.29 bits per heavy atom. The van der Waals surface area contributed by atoms with E-state index in [0.717, 1.165) is 28.7 Å². The van der Waals surface area contributed by atoms with Crippen LogP contribution in [-0.2, 0) is 0 Å². The molecule has 0 spiro atoms. The molecule has 0 unspecified atom stereocenters. The van der Waals surface area contributed by atoms with E-state index in [9.17, 15) is 9.90 Å². The standard InChI is InChI=1S/C30H32N2O5S/c1-19-7-9-22(10-8-19)38-14-6-13-32(30(33)34)25-15-21(3)27(16-20(25)2)37-26-11-12-31-24-18-29(36-5)28(35-4)17-23(24)26/h7-12,15-18H,6,13-14H2,1-5H3,(H,33,34). The molecule has 3 aromatic carbocycles. The fourth-order valence-electron chi connectivity index (χ4n) is 4.20. The van der Waals surface area contributed by atoms with Crippen molar-refractivity contribution in [3.05, 3.63) is 77.5 Å². The summed E-state index contributed by atoms with van der Waals surface area (Å²) in [6.07, 6.45) is 1.44. The molecular weight excluding hydrogens is 500 g/mol. The minimum atomic E-state index is -0.970. The number of carbonyl (C=O) groups is 1. The summed E-state index contributed by atoms with van der Waals surface area (Å²) >= 11 is 1.73. The summed E-state index contributed by atoms with van der Waals surface area (Å²) in [4.78, 5) is 19.2. The lowest BCUT2D eigenvalue weighted by Crippen LogP contribution is -2.31. The number of pyridine rings is 1. The third-order valence-electron chi connectivity index (χ3n) is 6.26. The number of thioether (sulfide) groups is 1. The predicted molar refractivity (Wildman–Crippen MR) is 153 cm³/mol. The number of benzene rings is 3. The number of methoxy groups -OCH3 is 2. The molecule has 7 nitrogen and oxygen atoms in total. The normalized spacial score (nSPS) is 10.9. The lowest BCUT2D eigenvalue weighted by molar-refractivity contribution is 0.201. The molecule has 1 heterocycles. The van der Waals surface area contributed by atoms with Gasteiger partial charge in [0.05, 0.1) is 25.4 Å². The fraction of sp³-hybridized carbons (Fsp3) is 0.267. The van der Waals surface area contributed by atoms with Crippen LogP contribution in [0.5, 0.6) is 23.0 Å². The first kappa shape index (κ1) is 27.1. The largest absolute Gasteiger partial charge is 0.493 e. The van der Waals surface area contributed by atoms with Crippen molar-refractivity contribution in [3.63, 3.8) is 0 Å². The van der Waals surface area contributed by atoms with Crippen LogP contribution in [0.4, 0.5) is 10.5 Å². The van der Waals surface area contributed by atoms with Crippen molar-refractivity contribution in [1.82, 2.24) is 4.98 Å². The number of amides is 1. The van der Waals surface area contributed by atoms with Crippen LogP contribution in [0.1, 0.15) is 23.1 Å². The molecule has 0 saturated heterocycles. The SMILES string of the molecule is COc1cc2nccc(Oc3cc(C)c(N(CCCSc4ccc(C)cc4)C(=O)O)cc3C)c2cc1OC. The van der Waals surface area contributed by atoms with Gasteiger partial charge in [0.2, 0.25) is 0 Å². The summed E-state index contributed by atoms with van der Waals surface area (Å²) in [6, 6.07) is 17.6. The summed E-state index contributed by atoms with van der Waals surface area (Å²) in [6.45, 7) is 6.29. The highest BCUT2D eigenvalue weighted by molar-refractivity contribution is 7.99. The van der Waals surface area contributed by atoms with Gasteiger partial charge in [-0.25, -0.2) is 4.79 Å². The first-order valence-corrected chi connectivity index (χ1v) is 13.3. The number of anilines is 1. The summed E-state index contributed by atoms with van der Waals surface area (Å²) in [5.74, 6) is 3.27. The van der Waals surface area contributed by atoms with E-state index < -0.39 is 6.09 Å². The van der Waals surface area contributed by atoms with Gasteiger partial charge in [-0.05, 0) is 80.5 Å². The van der Waals surface area contributed by atoms with Crippen molar-refractivity contribution in [2.75, 3.05) is 31.4 Å². The van der Waals surface area contributed by atoms with Gasteiger partial charge in [-0.2, -0.15) is 0 Å². The third-order valence-corrected chi connectivity index (χ3v) is 7.36. The molecule has 198 valence electrons. The van der Waals surface area contributed by atoms with Gasteiger partial charge in [0.25, 0.3) is 0 Å². The molecule has 0 aliphatic heterocycles. The molecule has 1 N–H and O–H groups in total. The van der Waals surface area contributed by atoms with Gasteiger partial charge in [-0.1, -0.05) is 17.7 Å². The lowest BCUT2D eigenvalue weighted by Gasteiger charge is -2.23. The molecule has 0 fully saturated rings. The number of hydrogen-bond acceptors (Lipinski definition) is 6. The van der Waals surface area contributed by atoms with E-state index in [1.165, 1.54) is 15.4 Å². The molecular formula is C30H32N2O5S. The topological polar surface area (TPSA) is 81.1 Å². The predicted octanol–water partition coefficient (Wildman–Crippen LogP) is 7.64. The lowest BCUT2D eigenvalue weighted by atomic mass is 10.1. The van der Waals surface area contributed by atoms with E-state index in [4.69, 9.17) is 14.2 Å². The van der Waals surface area contributed by atoms with Crippen LogP contribution in [0.3, 0.4) is 0 Å². The first-order valence-electron chi connectivity index (χ1n) is 12.3. The van der Waals surface area contributed by atoms with Crippen LogP contribution < -0.4 is 19.1 Å². The van der Waals surface area contributed by atoms with Crippen LogP contribution in [-0.4, -0.2) is 42.7 Å². The maximum absolute atomic E-state index is 12.2. The third kappa shape index (κ3) is 6.14. The molecule has 4 rings (SSSR count). The van der Waals surface area contributed by atoms with E-state index in [2.05, 4.69) is 36.2 Å². The number of carboxylic acid groups (broad SMARTS) is 1. The Morgan fingerprint density at radius 2 is 1.61 bits per heavy atom. The highest BCUT2D eigenvalue weighted by Gasteiger charge is 2.19. The average molecular weight is 533 g/mol. The Morgan fingerprint density at radius 1 is 0.895 bits per heavy atom. The van der Waals surface area contributed by atoms with Gasteiger partial charge in [-0.15, -0.1) is 11.8 Å². The minimum absolute atomic E-state index is 0.408. The van der Waals surface area contributed by atoms with Crippen molar-refractivity contribution in [3.8, 4) is 23.0 Å². The Bertz CT molecular complexity index is 1440. The molecule has 4 aromatic rings. The van der Waals surface area contributed by atoms with Crippen molar-refractivity contribution in [2.24, 2.45) is 0 Å². The van der Waals surface area contributed by atoms with Gasteiger partial charge in [0.1, 0.15) is 11.5 Å². The molecule has 0 bridgehead atoms. The van der Waals surface area contributed by atoms with Gasteiger partial charge in [0, 0.05) is 29.1 Å². The molecule has 8 heteroatoms. The monoisotopic (exact) mass is 532 g/mol. The highest BCUT2D eigenvalue weighted by atomic mass is 32.2. The first-order chi connectivity index (χ1) is 18.3.